The largest absolute Gasteiger partial charge is 0.471 e. The Hall–Kier alpha value is -1.36. The van der Waals surface area contributed by atoms with E-state index in [1.807, 2.05) is 0 Å². The molecule has 0 radical (unpaired) electrons. The first-order valence-electron chi connectivity index (χ1n) is 7.23. The fourth-order valence-electron chi connectivity index (χ4n) is 2.50. The van der Waals surface area contributed by atoms with E-state index in [4.69, 9.17) is 23.2 Å². The first-order chi connectivity index (χ1) is 11.9. The molecule has 0 aliphatic heterocycles. The third-order valence-corrected chi connectivity index (χ3v) is 5.37. The number of halogens is 5. The van der Waals surface area contributed by atoms with Gasteiger partial charge in [-0.15, -0.1) is 23.2 Å². The molecule has 2 aromatic rings. The summed E-state index contributed by atoms with van der Waals surface area (Å²) >= 11 is 12.1. The second-order valence-corrected chi connectivity index (χ2v) is 9.30. The Morgan fingerprint density at radius 3 is 2.31 bits per heavy atom. The Morgan fingerprint density at radius 1 is 1.31 bits per heavy atom. The highest BCUT2D eigenvalue weighted by Crippen LogP contribution is 2.58. The van der Waals surface area contributed by atoms with Crippen molar-refractivity contribution in [2.24, 2.45) is 5.92 Å². The number of hydrogen-bond acceptors (Lipinski definition) is 5. The van der Waals surface area contributed by atoms with Crippen molar-refractivity contribution in [3.63, 3.8) is 0 Å². The van der Waals surface area contributed by atoms with E-state index in [9.17, 15) is 21.6 Å². The molecule has 1 saturated carbocycles. The van der Waals surface area contributed by atoms with Crippen LogP contribution in [-0.4, -0.2) is 29.1 Å². The van der Waals surface area contributed by atoms with Crippen molar-refractivity contribution >= 4 is 33.2 Å². The van der Waals surface area contributed by atoms with Crippen LogP contribution in [0.4, 0.5) is 13.2 Å². The van der Waals surface area contributed by atoms with Crippen molar-refractivity contribution in [1.82, 2.24) is 14.9 Å². The first-order valence-corrected chi connectivity index (χ1v) is 9.88. The molecule has 12 heteroatoms. The lowest BCUT2D eigenvalue weighted by Gasteiger charge is -2.18. The third kappa shape index (κ3) is 4.30. The van der Waals surface area contributed by atoms with Gasteiger partial charge in [0.2, 0.25) is 15.8 Å². The van der Waals surface area contributed by atoms with Gasteiger partial charge < -0.3 is 4.52 Å². The van der Waals surface area contributed by atoms with Gasteiger partial charge in [-0.3, -0.25) is 0 Å². The van der Waals surface area contributed by atoms with E-state index in [1.165, 1.54) is 12.1 Å². The summed E-state index contributed by atoms with van der Waals surface area (Å²) < 4.78 is 66.4. The molecule has 1 aliphatic rings. The number of rotatable bonds is 5. The van der Waals surface area contributed by atoms with E-state index >= 15 is 0 Å². The molecule has 142 valence electrons. The van der Waals surface area contributed by atoms with Crippen molar-refractivity contribution in [2.75, 3.05) is 6.26 Å². The van der Waals surface area contributed by atoms with E-state index in [-0.39, 0.29) is 17.3 Å². The minimum Gasteiger partial charge on any atom is -0.329 e. The number of hydrogen-bond donors (Lipinski definition) is 1. The lowest BCUT2D eigenvalue weighted by atomic mass is 10.0. The van der Waals surface area contributed by atoms with Gasteiger partial charge in [0.05, 0.1) is 12.3 Å². The van der Waals surface area contributed by atoms with E-state index < -0.39 is 32.5 Å². The molecule has 6 nitrogen and oxygen atoms in total. The smallest absolute Gasteiger partial charge is 0.329 e. The van der Waals surface area contributed by atoms with Gasteiger partial charge in [0, 0.05) is 11.5 Å². The molecule has 2 unspecified atom stereocenters. The highest BCUT2D eigenvalue weighted by molar-refractivity contribution is 7.88. The van der Waals surface area contributed by atoms with E-state index in [0.29, 0.717) is 12.0 Å². The van der Waals surface area contributed by atoms with Crippen LogP contribution in [0.3, 0.4) is 0 Å². The molecule has 0 spiro atoms. The molecule has 26 heavy (non-hydrogen) atoms. The number of aromatic nitrogens is 2. The van der Waals surface area contributed by atoms with Crippen molar-refractivity contribution in [3.05, 3.63) is 35.7 Å². The highest BCUT2D eigenvalue weighted by Gasteiger charge is 2.56. The summed E-state index contributed by atoms with van der Waals surface area (Å²) in [5.74, 6) is -2.00. The Labute approximate surface area is 156 Å². The zero-order chi connectivity index (χ0) is 19.3. The van der Waals surface area contributed by atoms with Gasteiger partial charge in [-0.1, -0.05) is 29.4 Å². The Morgan fingerprint density at radius 2 is 1.88 bits per heavy atom. The predicted octanol–water partition coefficient (Wildman–Crippen LogP) is 3.54. The molecule has 0 bridgehead atoms. The Balaban J connectivity index is 1.86. The Kier molecular flexibility index (Phi) is 4.75. The minimum atomic E-state index is -4.73. The number of nitrogens with zero attached hydrogens (tertiary/aromatic N) is 2. The molecule has 1 aromatic heterocycles. The van der Waals surface area contributed by atoms with Crippen LogP contribution in [0.2, 0.25) is 0 Å². The summed E-state index contributed by atoms with van der Waals surface area (Å²) in [6, 6.07) is 5.35. The predicted molar refractivity (Wildman–Crippen MR) is 88.0 cm³/mol. The van der Waals surface area contributed by atoms with Crippen molar-refractivity contribution < 1.29 is 26.1 Å². The number of alkyl halides is 5. The SMILES string of the molecule is CS(=O)(=O)NC(c1ccc(-c2noc(C(F)(F)F)n2)cc1)C1CC1(Cl)Cl. The van der Waals surface area contributed by atoms with Gasteiger partial charge >= 0.3 is 12.1 Å². The van der Waals surface area contributed by atoms with E-state index in [2.05, 4.69) is 19.4 Å². The third-order valence-electron chi connectivity index (χ3n) is 3.81. The van der Waals surface area contributed by atoms with Crippen LogP contribution in [0.25, 0.3) is 11.4 Å². The fourth-order valence-corrected chi connectivity index (χ4v) is 3.85. The second-order valence-electron chi connectivity index (χ2n) is 5.98. The molecular weight excluding hydrogens is 418 g/mol. The van der Waals surface area contributed by atoms with Crippen LogP contribution < -0.4 is 4.72 Å². The van der Waals surface area contributed by atoms with Crippen molar-refractivity contribution in [2.45, 2.75) is 23.0 Å². The first kappa shape index (κ1) is 19.4. The molecule has 1 fully saturated rings. The number of nitrogens with one attached hydrogen (secondary N) is 1. The molecule has 1 N–H and O–H groups in total. The van der Waals surface area contributed by atoms with E-state index in [0.717, 1.165) is 6.26 Å². The molecule has 1 heterocycles. The monoisotopic (exact) mass is 429 g/mol. The fraction of sp³-hybridized carbons (Fsp3) is 0.429. The Bertz CT molecular complexity index is 914. The van der Waals surface area contributed by atoms with E-state index in [1.54, 1.807) is 12.1 Å². The number of sulfonamides is 1. The summed E-state index contributed by atoms with van der Waals surface area (Å²) in [5, 5.41) is 3.30. The van der Waals surface area contributed by atoms with Gasteiger partial charge in [-0.25, -0.2) is 13.1 Å². The summed E-state index contributed by atoms with van der Waals surface area (Å²) in [6.07, 6.45) is -3.31. The van der Waals surface area contributed by atoms with Crippen LogP contribution in [-0.2, 0) is 16.2 Å². The molecule has 1 aliphatic carbocycles. The van der Waals surface area contributed by atoms with Crippen molar-refractivity contribution in [1.29, 1.82) is 0 Å². The second kappa shape index (κ2) is 6.36. The summed E-state index contributed by atoms with van der Waals surface area (Å²) in [5.41, 5.74) is 0.844. The van der Waals surface area contributed by atoms with Gasteiger partial charge in [0.15, 0.2) is 0 Å². The quantitative estimate of drug-likeness (QED) is 0.734. The highest BCUT2D eigenvalue weighted by atomic mass is 35.5. The lowest BCUT2D eigenvalue weighted by molar-refractivity contribution is -0.159. The van der Waals surface area contributed by atoms with Gasteiger partial charge in [0.1, 0.15) is 4.33 Å². The summed E-state index contributed by atoms with van der Waals surface area (Å²) in [4.78, 5) is 3.30. The maximum absolute atomic E-state index is 12.5. The average molecular weight is 430 g/mol. The average Bonchev–Trinajstić information content (AvgIpc) is 2.94. The topological polar surface area (TPSA) is 85.1 Å². The van der Waals surface area contributed by atoms with Crippen LogP contribution >= 0.6 is 23.2 Å². The molecule has 0 amide bonds. The molecule has 1 aromatic carbocycles. The molecule has 0 saturated heterocycles. The molecule has 3 rings (SSSR count). The normalized spacial score (nSPS) is 20.8. The molecule has 2 atom stereocenters. The lowest BCUT2D eigenvalue weighted by Crippen LogP contribution is -2.30. The van der Waals surface area contributed by atoms with Gasteiger partial charge in [-0.05, 0) is 12.0 Å². The van der Waals surface area contributed by atoms with Crippen LogP contribution in [0, 0.1) is 5.92 Å². The summed E-state index contributed by atoms with van der Waals surface area (Å²) in [7, 11) is -3.53. The zero-order valence-corrected chi connectivity index (χ0v) is 15.4. The maximum atomic E-state index is 12.5. The van der Waals surface area contributed by atoms with Crippen LogP contribution in [0.15, 0.2) is 28.8 Å². The minimum absolute atomic E-state index is 0.230. The standard InChI is InChI=1S/C14H12Cl2F3N3O3S/c1-26(23,24)22-10(9-6-13(9,15)16)7-2-4-8(5-3-7)11-20-12(25-21-11)14(17,18)19/h2-5,9-10,22H,6H2,1H3. The van der Waals surface area contributed by atoms with Crippen molar-refractivity contribution in [3.8, 4) is 11.4 Å². The van der Waals surface area contributed by atoms with Gasteiger partial charge in [-0.2, -0.15) is 18.2 Å². The molecular formula is C14H12Cl2F3N3O3S. The van der Waals surface area contributed by atoms with Crippen LogP contribution in [0.5, 0.6) is 0 Å². The van der Waals surface area contributed by atoms with Crippen LogP contribution in [0.1, 0.15) is 23.9 Å². The summed E-state index contributed by atoms with van der Waals surface area (Å²) in [6.45, 7) is 0. The van der Waals surface area contributed by atoms with Gasteiger partial charge in [0.25, 0.3) is 0 Å². The maximum Gasteiger partial charge on any atom is 0.471 e. The number of benzene rings is 1. The zero-order valence-electron chi connectivity index (χ0n) is 13.1.